The van der Waals surface area contributed by atoms with Gasteiger partial charge in [-0.25, -0.2) is 13.1 Å². The monoisotopic (exact) mass is 457 g/mol. The largest absolute Gasteiger partial charge is 0.303 e. The third kappa shape index (κ3) is 6.20. The molecule has 0 heterocycles. The molecule has 0 bridgehead atoms. The fourth-order valence-corrected chi connectivity index (χ4v) is 5.67. The van der Waals surface area contributed by atoms with Gasteiger partial charge in [0.25, 0.3) is 0 Å². The van der Waals surface area contributed by atoms with Crippen molar-refractivity contribution >= 4 is 15.7 Å². The lowest BCUT2D eigenvalue weighted by Crippen LogP contribution is -2.40. The van der Waals surface area contributed by atoms with Crippen molar-refractivity contribution in [3.63, 3.8) is 0 Å². The molecule has 1 N–H and O–H groups in total. The van der Waals surface area contributed by atoms with E-state index in [-0.39, 0.29) is 11.8 Å². The lowest BCUT2D eigenvalue weighted by atomic mass is 9.89. The zero-order valence-electron chi connectivity index (χ0n) is 21.0. The van der Waals surface area contributed by atoms with Gasteiger partial charge in [0.05, 0.1) is 16.6 Å². The minimum atomic E-state index is -3.79. The van der Waals surface area contributed by atoms with Crippen LogP contribution in [-0.2, 0) is 10.0 Å². The topological polar surface area (TPSA) is 61.8 Å². The van der Waals surface area contributed by atoms with E-state index >= 15 is 0 Å². The van der Waals surface area contributed by atoms with Crippen molar-refractivity contribution in [2.75, 3.05) is 14.1 Å². The van der Waals surface area contributed by atoms with Gasteiger partial charge in [-0.3, -0.25) is 0 Å². The van der Waals surface area contributed by atoms with Crippen LogP contribution in [0.1, 0.15) is 88.5 Å². The maximum absolute atomic E-state index is 13.8. The van der Waals surface area contributed by atoms with Gasteiger partial charge < -0.3 is 5.01 Å². The van der Waals surface area contributed by atoms with Crippen molar-refractivity contribution in [3.05, 3.63) is 64.7 Å². The van der Waals surface area contributed by atoms with Gasteiger partial charge in [0.2, 0.25) is 10.0 Å². The molecule has 0 radical (unpaired) electrons. The predicted molar refractivity (Wildman–Crippen MR) is 135 cm³/mol. The Labute approximate surface area is 195 Å². The van der Waals surface area contributed by atoms with E-state index < -0.39 is 16.1 Å². The molecule has 2 aromatic rings. The lowest BCUT2D eigenvalue weighted by Gasteiger charge is -2.25. The quantitative estimate of drug-likeness (QED) is 0.389. The normalized spacial score (nSPS) is 13.8. The van der Waals surface area contributed by atoms with Gasteiger partial charge in [0.1, 0.15) is 0 Å². The summed E-state index contributed by atoms with van der Waals surface area (Å²) in [5.74, 6) is 0.486. The molecule has 2 rings (SSSR count). The molecule has 176 valence electrons. The standard InChI is InChI=1S/C26H39N3O2S/c1-17(2)22-15-23(18(3)4)26(24(16-22)19(5)6)32(30,31)28-20(7)25(27-29(8)9)21-13-11-10-12-14-21/h10-20,28H,1-9H3/b27-25-. The number of nitrogens with zero attached hydrogens (tertiary/aromatic N) is 2. The van der Waals surface area contributed by atoms with Crippen LogP contribution in [0.2, 0.25) is 0 Å². The number of rotatable bonds is 9. The van der Waals surface area contributed by atoms with E-state index in [0.717, 1.165) is 16.7 Å². The van der Waals surface area contributed by atoms with Crippen molar-refractivity contribution in [1.29, 1.82) is 0 Å². The molecule has 6 heteroatoms. The minimum Gasteiger partial charge on any atom is -0.303 e. The first kappa shape index (κ1) is 26.1. The molecule has 0 amide bonds. The second-order valence-electron chi connectivity index (χ2n) is 9.53. The lowest BCUT2D eigenvalue weighted by molar-refractivity contribution is 0.435. The number of nitrogens with one attached hydrogen (secondary N) is 1. The molecule has 1 atom stereocenters. The van der Waals surface area contributed by atoms with E-state index in [9.17, 15) is 8.42 Å². The predicted octanol–water partition coefficient (Wildman–Crippen LogP) is 5.69. The van der Waals surface area contributed by atoms with Crippen LogP contribution < -0.4 is 4.72 Å². The number of benzene rings is 2. The van der Waals surface area contributed by atoms with Crippen molar-refractivity contribution in [2.24, 2.45) is 5.10 Å². The van der Waals surface area contributed by atoms with E-state index in [1.807, 2.05) is 51.4 Å². The molecule has 1 unspecified atom stereocenters. The molecule has 5 nitrogen and oxygen atoms in total. The van der Waals surface area contributed by atoms with Crippen molar-refractivity contribution in [3.8, 4) is 0 Å². The van der Waals surface area contributed by atoms with Gasteiger partial charge >= 0.3 is 0 Å². The van der Waals surface area contributed by atoms with E-state index in [0.29, 0.717) is 16.5 Å². The highest BCUT2D eigenvalue weighted by Crippen LogP contribution is 2.35. The second-order valence-corrected chi connectivity index (χ2v) is 11.2. The summed E-state index contributed by atoms with van der Waals surface area (Å²) in [6, 6.07) is 13.3. The van der Waals surface area contributed by atoms with Crippen molar-refractivity contribution < 1.29 is 8.42 Å². The van der Waals surface area contributed by atoms with Gasteiger partial charge in [-0.15, -0.1) is 0 Å². The zero-order valence-corrected chi connectivity index (χ0v) is 21.8. The van der Waals surface area contributed by atoms with E-state index in [1.54, 1.807) is 5.01 Å². The highest BCUT2D eigenvalue weighted by molar-refractivity contribution is 7.89. The molecular formula is C26H39N3O2S. The Morgan fingerprint density at radius 2 is 1.34 bits per heavy atom. The third-order valence-electron chi connectivity index (χ3n) is 5.47. The molecule has 0 aliphatic carbocycles. The Morgan fingerprint density at radius 3 is 1.75 bits per heavy atom. The van der Waals surface area contributed by atoms with Gasteiger partial charge in [0.15, 0.2) is 0 Å². The van der Waals surface area contributed by atoms with E-state index in [4.69, 9.17) is 0 Å². The van der Waals surface area contributed by atoms with Crippen LogP contribution in [-0.4, -0.2) is 39.3 Å². The highest BCUT2D eigenvalue weighted by Gasteiger charge is 2.29. The average Bonchev–Trinajstić information content (AvgIpc) is 2.70. The number of hydrogen-bond donors (Lipinski definition) is 1. The summed E-state index contributed by atoms with van der Waals surface area (Å²) < 4.78 is 30.6. The molecule has 0 spiro atoms. The first-order valence-electron chi connectivity index (χ1n) is 11.4. The van der Waals surface area contributed by atoms with Crippen LogP contribution in [0, 0.1) is 0 Å². The molecule has 2 aromatic carbocycles. The Bertz CT molecular complexity index is 1010. The number of hydrazone groups is 1. The summed E-state index contributed by atoms with van der Waals surface area (Å²) in [6.45, 7) is 14.3. The Hall–Kier alpha value is -2.18. The summed E-state index contributed by atoms with van der Waals surface area (Å²) in [6.07, 6.45) is 0. The average molecular weight is 458 g/mol. The molecule has 32 heavy (non-hydrogen) atoms. The Kier molecular flexibility index (Phi) is 8.66. The van der Waals surface area contributed by atoms with Crippen LogP contribution in [0.5, 0.6) is 0 Å². The maximum atomic E-state index is 13.8. The first-order chi connectivity index (χ1) is 14.8. The molecule has 0 fully saturated rings. The van der Waals surface area contributed by atoms with Crippen LogP contribution in [0.25, 0.3) is 0 Å². The third-order valence-corrected chi connectivity index (χ3v) is 7.14. The Morgan fingerprint density at radius 1 is 0.844 bits per heavy atom. The smallest absolute Gasteiger partial charge is 0.241 e. The molecule has 0 saturated heterocycles. The fourth-order valence-electron chi connectivity index (χ4n) is 3.77. The van der Waals surface area contributed by atoms with Crippen LogP contribution in [0.3, 0.4) is 0 Å². The van der Waals surface area contributed by atoms with Gasteiger partial charge in [0, 0.05) is 14.1 Å². The van der Waals surface area contributed by atoms with Gasteiger partial charge in [-0.2, -0.15) is 5.10 Å². The van der Waals surface area contributed by atoms with Crippen LogP contribution in [0.15, 0.2) is 52.5 Å². The minimum absolute atomic E-state index is 0.0807. The van der Waals surface area contributed by atoms with E-state index in [2.05, 4.69) is 63.5 Å². The molecule has 0 aliphatic heterocycles. The number of sulfonamides is 1. The van der Waals surface area contributed by atoms with Gasteiger partial charge in [-0.05, 0) is 46.9 Å². The second kappa shape index (κ2) is 10.6. The zero-order chi connectivity index (χ0) is 24.2. The SMILES string of the molecule is CC(NS(=O)(=O)c1c(C(C)C)cc(C(C)C)cc1C(C)C)/C(=N/N(C)C)c1ccccc1. The van der Waals surface area contributed by atoms with Crippen molar-refractivity contribution in [1.82, 2.24) is 9.73 Å². The summed E-state index contributed by atoms with van der Waals surface area (Å²) in [5, 5.41) is 6.30. The first-order valence-corrected chi connectivity index (χ1v) is 12.8. The fraction of sp³-hybridized carbons (Fsp3) is 0.500. The van der Waals surface area contributed by atoms with E-state index in [1.165, 1.54) is 5.56 Å². The summed E-state index contributed by atoms with van der Waals surface area (Å²) in [5.41, 5.74) is 4.47. The van der Waals surface area contributed by atoms with Crippen LogP contribution >= 0.6 is 0 Å². The highest BCUT2D eigenvalue weighted by atomic mass is 32.2. The van der Waals surface area contributed by atoms with Gasteiger partial charge in [-0.1, -0.05) is 84.0 Å². The molecular weight excluding hydrogens is 418 g/mol. The molecule has 0 aliphatic rings. The summed E-state index contributed by atoms with van der Waals surface area (Å²) >= 11 is 0. The molecule has 0 saturated carbocycles. The summed E-state index contributed by atoms with van der Waals surface area (Å²) in [7, 11) is -0.120. The maximum Gasteiger partial charge on any atom is 0.241 e. The number of hydrogen-bond acceptors (Lipinski definition) is 4. The Balaban J connectivity index is 2.62. The van der Waals surface area contributed by atoms with Crippen LogP contribution in [0.4, 0.5) is 0 Å². The molecule has 0 aromatic heterocycles. The van der Waals surface area contributed by atoms with Crippen molar-refractivity contribution in [2.45, 2.75) is 77.2 Å². The summed E-state index contributed by atoms with van der Waals surface area (Å²) in [4.78, 5) is 0.413.